The van der Waals surface area contributed by atoms with Crippen molar-refractivity contribution in [1.82, 2.24) is 4.98 Å². The molecule has 2 saturated carbocycles. The maximum atomic E-state index is 12.6. The summed E-state index contributed by atoms with van der Waals surface area (Å²) in [6.45, 7) is 5.04. The number of esters is 1. The normalized spacial score (nSPS) is 35.1. The van der Waals surface area contributed by atoms with Gasteiger partial charge in [0.25, 0.3) is 0 Å². The van der Waals surface area contributed by atoms with Crippen molar-refractivity contribution in [1.29, 1.82) is 0 Å². The van der Waals surface area contributed by atoms with Gasteiger partial charge < -0.3 is 4.74 Å². The highest BCUT2D eigenvalue weighted by Crippen LogP contribution is 2.66. The minimum atomic E-state index is -0.0462. The van der Waals surface area contributed by atoms with Crippen molar-refractivity contribution in [3.05, 3.63) is 83.7 Å². The Bertz CT molecular complexity index is 1170. The van der Waals surface area contributed by atoms with E-state index in [0.29, 0.717) is 6.42 Å². The highest BCUT2D eigenvalue weighted by atomic mass is 16.5. The number of ether oxygens (including phenoxy) is 1. The summed E-state index contributed by atoms with van der Waals surface area (Å²) in [4.78, 5) is 17.0. The van der Waals surface area contributed by atoms with Crippen LogP contribution in [0.15, 0.2) is 72.6 Å². The van der Waals surface area contributed by atoms with Crippen LogP contribution in [0.3, 0.4) is 0 Å². The maximum absolute atomic E-state index is 12.6. The van der Waals surface area contributed by atoms with Crippen molar-refractivity contribution in [2.24, 2.45) is 28.6 Å². The number of aromatic nitrogens is 1. The fourth-order valence-corrected chi connectivity index (χ4v) is 8.40. The molecule has 4 aliphatic carbocycles. The first-order valence-corrected chi connectivity index (χ1v) is 14.0. The van der Waals surface area contributed by atoms with E-state index in [9.17, 15) is 4.79 Å². The zero-order chi connectivity index (χ0) is 24.8. The van der Waals surface area contributed by atoms with Crippen LogP contribution in [0.1, 0.15) is 76.3 Å². The largest absolute Gasteiger partial charge is 0.462 e. The van der Waals surface area contributed by atoms with Crippen LogP contribution in [0.2, 0.25) is 0 Å². The second kappa shape index (κ2) is 9.32. The van der Waals surface area contributed by atoms with E-state index in [4.69, 9.17) is 4.74 Å². The fraction of sp³-hybridized carbons (Fsp3) is 0.515. The van der Waals surface area contributed by atoms with Gasteiger partial charge in [-0.05, 0) is 96.3 Å². The standard InChI is InChI=1S/C33H39NO2/c1-32-18-16-26(36-31(35)15-10-23-7-4-3-5-8-23)21-25(32)11-12-27-29-14-13-28(24-9-6-20-34-22-24)33(29,2)19-17-30(27)32/h3-9,11,13,20,22,26-27,29-30H,10,12,14-19,21H2,1-2H3/t26-,27-,29-,30-,32-,33+/m0/s1. The fourth-order valence-electron chi connectivity index (χ4n) is 8.40. The summed E-state index contributed by atoms with van der Waals surface area (Å²) < 4.78 is 6.00. The molecule has 36 heavy (non-hydrogen) atoms. The van der Waals surface area contributed by atoms with E-state index in [0.717, 1.165) is 43.4 Å². The molecule has 6 atom stereocenters. The number of allylic oxidation sites excluding steroid dienone is 3. The third kappa shape index (κ3) is 4.05. The highest BCUT2D eigenvalue weighted by Gasteiger charge is 2.57. The summed E-state index contributed by atoms with van der Waals surface area (Å²) in [5, 5.41) is 0. The molecule has 188 valence electrons. The molecular formula is C33H39NO2. The molecule has 1 aromatic carbocycles. The van der Waals surface area contributed by atoms with Crippen molar-refractivity contribution in [2.45, 2.75) is 77.7 Å². The van der Waals surface area contributed by atoms with Crippen molar-refractivity contribution in [3.8, 4) is 0 Å². The van der Waals surface area contributed by atoms with Crippen LogP contribution < -0.4 is 0 Å². The van der Waals surface area contributed by atoms with Crippen LogP contribution in [-0.4, -0.2) is 17.1 Å². The number of pyridine rings is 1. The molecule has 0 radical (unpaired) electrons. The van der Waals surface area contributed by atoms with Gasteiger partial charge in [-0.2, -0.15) is 0 Å². The second-order valence-corrected chi connectivity index (χ2v) is 12.2. The van der Waals surface area contributed by atoms with E-state index < -0.39 is 0 Å². The average Bonchev–Trinajstić information content (AvgIpc) is 3.26. The van der Waals surface area contributed by atoms with Crippen molar-refractivity contribution < 1.29 is 9.53 Å². The number of carbonyl (C=O) groups is 1. The number of nitrogens with zero attached hydrogens (tertiary/aromatic N) is 1. The van der Waals surface area contributed by atoms with E-state index >= 15 is 0 Å². The topological polar surface area (TPSA) is 39.2 Å². The number of aryl methyl sites for hydroxylation is 1. The Labute approximate surface area is 216 Å². The average molecular weight is 482 g/mol. The second-order valence-electron chi connectivity index (χ2n) is 12.2. The molecule has 3 nitrogen and oxygen atoms in total. The number of hydrogen-bond acceptors (Lipinski definition) is 3. The van der Waals surface area contributed by atoms with Gasteiger partial charge in [-0.15, -0.1) is 0 Å². The first-order chi connectivity index (χ1) is 17.5. The predicted octanol–water partition coefficient (Wildman–Crippen LogP) is 7.58. The molecule has 1 heterocycles. The van der Waals surface area contributed by atoms with Crippen LogP contribution in [0.4, 0.5) is 0 Å². The molecule has 2 fully saturated rings. The van der Waals surface area contributed by atoms with E-state index in [1.165, 1.54) is 42.4 Å². The van der Waals surface area contributed by atoms with Crippen molar-refractivity contribution in [2.75, 3.05) is 0 Å². The van der Waals surface area contributed by atoms with Gasteiger partial charge in [0.1, 0.15) is 6.10 Å². The minimum Gasteiger partial charge on any atom is -0.462 e. The number of benzene rings is 1. The Hall–Kier alpha value is -2.68. The summed E-state index contributed by atoms with van der Waals surface area (Å²) in [6, 6.07) is 14.5. The maximum Gasteiger partial charge on any atom is 0.306 e. The lowest BCUT2D eigenvalue weighted by atomic mass is 9.47. The Kier molecular flexibility index (Phi) is 6.14. The van der Waals surface area contributed by atoms with Crippen LogP contribution >= 0.6 is 0 Å². The molecule has 0 saturated heterocycles. The zero-order valence-electron chi connectivity index (χ0n) is 21.8. The van der Waals surface area contributed by atoms with Gasteiger partial charge in [0.2, 0.25) is 0 Å². The summed E-state index contributed by atoms with van der Waals surface area (Å²) in [6.07, 6.45) is 18.3. The first kappa shape index (κ1) is 23.7. The van der Waals surface area contributed by atoms with E-state index in [1.807, 2.05) is 30.6 Å². The quantitative estimate of drug-likeness (QED) is 0.326. The Morgan fingerprint density at radius 1 is 0.972 bits per heavy atom. The molecule has 6 rings (SSSR count). The van der Waals surface area contributed by atoms with Gasteiger partial charge in [0, 0.05) is 25.2 Å². The number of hydrogen-bond donors (Lipinski definition) is 0. The van der Waals surface area contributed by atoms with Gasteiger partial charge in [-0.1, -0.05) is 68.0 Å². The summed E-state index contributed by atoms with van der Waals surface area (Å²) in [7, 11) is 0. The predicted molar refractivity (Wildman–Crippen MR) is 144 cm³/mol. The molecule has 0 aliphatic heterocycles. The smallest absolute Gasteiger partial charge is 0.306 e. The summed E-state index contributed by atoms with van der Waals surface area (Å²) in [5.74, 6) is 2.16. The number of carbonyl (C=O) groups excluding carboxylic acids is 1. The number of fused-ring (bicyclic) bond motifs is 5. The first-order valence-electron chi connectivity index (χ1n) is 14.0. The third-order valence-corrected chi connectivity index (χ3v) is 10.4. The lowest BCUT2D eigenvalue weighted by molar-refractivity contribution is -0.151. The summed E-state index contributed by atoms with van der Waals surface area (Å²) >= 11 is 0. The van der Waals surface area contributed by atoms with Gasteiger partial charge in [-0.3, -0.25) is 9.78 Å². The minimum absolute atomic E-state index is 0.0448. The molecule has 2 aromatic rings. The molecule has 0 amide bonds. The molecule has 0 spiro atoms. The van der Waals surface area contributed by atoms with Gasteiger partial charge in [-0.25, -0.2) is 0 Å². The Morgan fingerprint density at radius 3 is 2.61 bits per heavy atom. The molecule has 0 bridgehead atoms. The lowest BCUT2D eigenvalue weighted by Gasteiger charge is -2.57. The van der Waals surface area contributed by atoms with Crippen LogP contribution in [0.5, 0.6) is 0 Å². The van der Waals surface area contributed by atoms with Gasteiger partial charge in [0.15, 0.2) is 0 Å². The van der Waals surface area contributed by atoms with Crippen molar-refractivity contribution >= 4 is 11.5 Å². The van der Waals surface area contributed by atoms with E-state index in [1.54, 1.807) is 5.57 Å². The van der Waals surface area contributed by atoms with E-state index in [2.05, 4.69) is 55.2 Å². The van der Waals surface area contributed by atoms with E-state index in [-0.39, 0.29) is 22.9 Å². The summed E-state index contributed by atoms with van der Waals surface area (Å²) in [5.41, 5.74) is 6.13. The highest BCUT2D eigenvalue weighted by molar-refractivity contribution is 5.72. The monoisotopic (exact) mass is 481 g/mol. The molecule has 0 unspecified atom stereocenters. The molecule has 4 aliphatic rings. The molecule has 3 heteroatoms. The Balaban J connectivity index is 1.12. The molecular weight excluding hydrogens is 442 g/mol. The van der Waals surface area contributed by atoms with Crippen LogP contribution in [0.25, 0.3) is 5.57 Å². The third-order valence-electron chi connectivity index (χ3n) is 10.4. The number of rotatable bonds is 5. The lowest BCUT2D eigenvalue weighted by Crippen LogP contribution is -2.50. The SMILES string of the molecule is C[C@]12CC[C@H](OC(=O)CCc3ccccc3)CC1=CC[C@@H]1[C@@H]2CC[C@]2(C)C(c3cccnc3)=CC[C@@H]12. The van der Waals surface area contributed by atoms with Crippen LogP contribution in [0, 0.1) is 28.6 Å². The molecule has 0 N–H and O–H groups in total. The zero-order valence-corrected chi connectivity index (χ0v) is 21.8. The molecule has 1 aromatic heterocycles. The van der Waals surface area contributed by atoms with Gasteiger partial charge >= 0.3 is 5.97 Å². The van der Waals surface area contributed by atoms with Crippen molar-refractivity contribution in [3.63, 3.8) is 0 Å². The van der Waals surface area contributed by atoms with Crippen LogP contribution in [-0.2, 0) is 16.0 Å². The Morgan fingerprint density at radius 2 is 1.81 bits per heavy atom. The van der Waals surface area contributed by atoms with Gasteiger partial charge in [0.05, 0.1) is 0 Å².